The molecule has 0 spiro atoms. The molecule has 120 valence electrons. The summed E-state index contributed by atoms with van der Waals surface area (Å²) in [5, 5.41) is 3.02. The van der Waals surface area contributed by atoms with Gasteiger partial charge in [-0.25, -0.2) is 4.98 Å². The highest BCUT2D eigenvalue weighted by Gasteiger charge is 2.31. The fraction of sp³-hybridized carbons (Fsp3) is 0.0556. The summed E-state index contributed by atoms with van der Waals surface area (Å²) in [5.41, 5.74) is 1.64. The number of halogens is 3. The van der Waals surface area contributed by atoms with Crippen LogP contribution in [-0.4, -0.2) is 11.3 Å². The average Bonchev–Trinajstić information content (AvgIpc) is 2.98. The van der Waals surface area contributed by atoms with Crippen molar-refractivity contribution in [3.8, 4) is 16.3 Å². The summed E-state index contributed by atoms with van der Waals surface area (Å²) in [5.74, 6) is -0.238. The van der Waals surface area contributed by atoms with Gasteiger partial charge in [-0.3, -0.25) is 0 Å². The van der Waals surface area contributed by atoms with E-state index in [0.717, 1.165) is 31.6 Å². The van der Waals surface area contributed by atoms with Crippen molar-refractivity contribution in [2.24, 2.45) is 0 Å². The van der Waals surface area contributed by atoms with Gasteiger partial charge in [0.15, 0.2) is 0 Å². The first kappa shape index (κ1) is 15.0. The molecule has 24 heavy (non-hydrogen) atoms. The third kappa shape index (κ3) is 2.80. The molecule has 0 N–H and O–H groups in total. The number of benzene rings is 3. The molecule has 0 atom stereocenters. The van der Waals surface area contributed by atoms with Gasteiger partial charge in [0.2, 0.25) is 0 Å². The van der Waals surface area contributed by atoms with Gasteiger partial charge in [-0.2, -0.15) is 0 Å². The first-order chi connectivity index (χ1) is 11.5. The van der Waals surface area contributed by atoms with Gasteiger partial charge in [0.1, 0.15) is 10.8 Å². The van der Waals surface area contributed by atoms with E-state index in [2.05, 4.69) is 9.72 Å². The first-order valence-corrected chi connectivity index (χ1v) is 7.96. The molecule has 0 unspecified atom stereocenters. The van der Waals surface area contributed by atoms with Gasteiger partial charge in [-0.05, 0) is 35.7 Å². The lowest BCUT2D eigenvalue weighted by molar-refractivity contribution is -0.274. The summed E-state index contributed by atoms with van der Waals surface area (Å²) >= 11 is 1.52. The van der Waals surface area contributed by atoms with E-state index in [0.29, 0.717) is 0 Å². The normalized spacial score (nSPS) is 12.0. The van der Waals surface area contributed by atoms with Crippen molar-refractivity contribution in [1.29, 1.82) is 0 Å². The van der Waals surface area contributed by atoms with Crippen LogP contribution in [0.2, 0.25) is 0 Å². The Labute approximate surface area is 139 Å². The molecule has 2 nitrogen and oxygen atoms in total. The quantitative estimate of drug-likeness (QED) is 0.443. The molecule has 0 saturated heterocycles. The minimum atomic E-state index is -4.68. The van der Waals surface area contributed by atoms with Crippen LogP contribution in [0.5, 0.6) is 5.75 Å². The van der Waals surface area contributed by atoms with E-state index in [-0.39, 0.29) is 5.75 Å². The lowest BCUT2D eigenvalue weighted by atomic mass is 10.1. The molecule has 0 aliphatic carbocycles. The van der Waals surface area contributed by atoms with E-state index in [9.17, 15) is 13.2 Å². The summed E-state index contributed by atoms with van der Waals surface area (Å²) in [6.07, 6.45) is -4.68. The van der Waals surface area contributed by atoms with Crippen molar-refractivity contribution >= 4 is 32.3 Å². The summed E-state index contributed by atoms with van der Waals surface area (Å²) in [6, 6.07) is 17.8. The molecule has 0 aliphatic rings. The van der Waals surface area contributed by atoms with E-state index in [1.807, 2.05) is 36.4 Å². The minimum Gasteiger partial charge on any atom is -0.406 e. The second kappa shape index (κ2) is 5.49. The standard InChI is InChI=1S/C18H10F3NOS/c19-18(20,21)23-13-8-5-12(6-9-13)17-22-15-10-7-11-3-1-2-4-14(11)16(15)24-17/h1-10H. The Morgan fingerprint density at radius 3 is 2.38 bits per heavy atom. The molecule has 0 radical (unpaired) electrons. The van der Waals surface area contributed by atoms with E-state index < -0.39 is 6.36 Å². The fourth-order valence-electron chi connectivity index (χ4n) is 2.58. The first-order valence-electron chi connectivity index (χ1n) is 7.14. The average molecular weight is 345 g/mol. The van der Waals surface area contributed by atoms with Crippen molar-refractivity contribution in [3.63, 3.8) is 0 Å². The van der Waals surface area contributed by atoms with E-state index in [1.54, 1.807) is 12.1 Å². The number of hydrogen-bond donors (Lipinski definition) is 0. The molecular formula is C18H10F3NOS. The molecule has 6 heteroatoms. The Kier molecular flexibility index (Phi) is 3.42. The lowest BCUT2D eigenvalue weighted by Gasteiger charge is -2.08. The topological polar surface area (TPSA) is 22.1 Å². The van der Waals surface area contributed by atoms with Crippen LogP contribution in [0, 0.1) is 0 Å². The minimum absolute atomic E-state index is 0.238. The van der Waals surface area contributed by atoms with E-state index in [1.165, 1.54) is 23.5 Å². The van der Waals surface area contributed by atoms with Gasteiger partial charge >= 0.3 is 6.36 Å². The maximum Gasteiger partial charge on any atom is 0.573 e. The molecule has 1 aromatic heterocycles. The van der Waals surface area contributed by atoms with Gasteiger partial charge in [0.25, 0.3) is 0 Å². The summed E-state index contributed by atoms with van der Waals surface area (Å²) in [4.78, 5) is 4.59. The largest absolute Gasteiger partial charge is 0.573 e. The van der Waals surface area contributed by atoms with Crippen molar-refractivity contribution in [2.45, 2.75) is 6.36 Å². The Balaban J connectivity index is 1.75. The zero-order chi connectivity index (χ0) is 16.7. The van der Waals surface area contributed by atoms with Gasteiger partial charge in [-0.15, -0.1) is 24.5 Å². The molecule has 0 amide bonds. The SMILES string of the molecule is FC(F)(F)Oc1ccc(-c2nc3ccc4ccccc4c3s2)cc1. The van der Waals surface area contributed by atoms with Gasteiger partial charge in [0.05, 0.1) is 10.2 Å². The van der Waals surface area contributed by atoms with Crippen LogP contribution in [0.1, 0.15) is 0 Å². The van der Waals surface area contributed by atoms with Crippen LogP contribution in [0.3, 0.4) is 0 Å². The number of thiazole rings is 1. The smallest absolute Gasteiger partial charge is 0.406 e. The molecule has 0 bridgehead atoms. The Hall–Kier alpha value is -2.60. The summed E-state index contributed by atoms with van der Waals surface area (Å²) in [6.45, 7) is 0. The predicted octanol–water partition coefficient (Wildman–Crippen LogP) is 6.02. The van der Waals surface area contributed by atoms with Crippen LogP contribution in [0.25, 0.3) is 31.6 Å². The predicted molar refractivity (Wildman–Crippen MR) is 89.2 cm³/mol. The van der Waals surface area contributed by atoms with Gasteiger partial charge < -0.3 is 4.74 Å². The summed E-state index contributed by atoms with van der Waals surface area (Å²) in [7, 11) is 0. The Bertz CT molecular complexity index is 1020. The summed E-state index contributed by atoms with van der Waals surface area (Å²) < 4.78 is 41.6. The number of ether oxygens (including phenoxy) is 1. The number of nitrogens with zero attached hydrogens (tertiary/aromatic N) is 1. The Morgan fingerprint density at radius 2 is 1.62 bits per heavy atom. The molecule has 1 heterocycles. The van der Waals surface area contributed by atoms with Crippen LogP contribution < -0.4 is 4.74 Å². The maximum atomic E-state index is 12.2. The molecule has 3 aromatic carbocycles. The van der Waals surface area contributed by atoms with Crippen LogP contribution in [0.4, 0.5) is 13.2 Å². The number of fused-ring (bicyclic) bond motifs is 3. The maximum absolute atomic E-state index is 12.2. The van der Waals surface area contributed by atoms with Crippen molar-refractivity contribution in [1.82, 2.24) is 4.98 Å². The van der Waals surface area contributed by atoms with Gasteiger partial charge in [-0.1, -0.05) is 30.3 Å². The zero-order valence-corrected chi connectivity index (χ0v) is 13.0. The molecule has 0 saturated carbocycles. The van der Waals surface area contributed by atoms with Crippen molar-refractivity contribution in [2.75, 3.05) is 0 Å². The van der Waals surface area contributed by atoms with Crippen LogP contribution >= 0.6 is 11.3 Å². The highest BCUT2D eigenvalue weighted by Crippen LogP contribution is 2.35. The van der Waals surface area contributed by atoms with Crippen LogP contribution in [-0.2, 0) is 0 Å². The third-order valence-corrected chi connectivity index (χ3v) is 4.77. The second-order valence-corrected chi connectivity index (χ2v) is 6.23. The Morgan fingerprint density at radius 1 is 0.875 bits per heavy atom. The lowest BCUT2D eigenvalue weighted by Crippen LogP contribution is -2.16. The molecule has 4 aromatic rings. The monoisotopic (exact) mass is 345 g/mol. The molecule has 0 aliphatic heterocycles. The number of alkyl halides is 3. The van der Waals surface area contributed by atoms with Crippen molar-refractivity contribution in [3.05, 3.63) is 60.7 Å². The molecule has 4 rings (SSSR count). The number of hydrogen-bond acceptors (Lipinski definition) is 3. The molecule has 0 fully saturated rings. The number of aromatic nitrogens is 1. The third-order valence-electron chi connectivity index (χ3n) is 3.61. The highest BCUT2D eigenvalue weighted by molar-refractivity contribution is 7.22. The van der Waals surface area contributed by atoms with Crippen molar-refractivity contribution < 1.29 is 17.9 Å². The number of rotatable bonds is 2. The van der Waals surface area contributed by atoms with Crippen LogP contribution in [0.15, 0.2) is 60.7 Å². The van der Waals surface area contributed by atoms with E-state index >= 15 is 0 Å². The van der Waals surface area contributed by atoms with Gasteiger partial charge in [0, 0.05) is 10.9 Å². The fourth-order valence-corrected chi connectivity index (χ4v) is 3.68. The second-order valence-electron chi connectivity index (χ2n) is 5.23. The van der Waals surface area contributed by atoms with E-state index in [4.69, 9.17) is 0 Å². The molecular weight excluding hydrogens is 335 g/mol. The zero-order valence-electron chi connectivity index (χ0n) is 12.2. The highest BCUT2D eigenvalue weighted by atomic mass is 32.1.